The van der Waals surface area contributed by atoms with Crippen molar-refractivity contribution >= 4 is 11.8 Å². The van der Waals surface area contributed by atoms with Crippen LogP contribution in [0.3, 0.4) is 0 Å². The third kappa shape index (κ3) is 4.09. The van der Waals surface area contributed by atoms with Gasteiger partial charge >= 0.3 is 29.6 Å². The molecule has 0 unspecified atom stereocenters. The van der Waals surface area contributed by atoms with Crippen molar-refractivity contribution in [3.8, 4) is 0 Å². The van der Waals surface area contributed by atoms with Crippen LogP contribution in [0.25, 0.3) is 0 Å². The second-order valence-electron chi connectivity index (χ2n) is 2.93. The minimum Gasteiger partial charge on any atom is -0.550 e. The Hall–Kier alpha value is -0.580. The Morgan fingerprint density at radius 3 is 2.64 bits per heavy atom. The van der Waals surface area contributed by atoms with E-state index < -0.39 is 5.97 Å². The van der Waals surface area contributed by atoms with Gasteiger partial charge in [0, 0.05) is 32.2 Å². The molecule has 0 saturated heterocycles. The van der Waals surface area contributed by atoms with Gasteiger partial charge in [0.15, 0.2) is 0 Å². The molecule has 1 aromatic heterocycles. The van der Waals surface area contributed by atoms with Crippen molar-refractivity contribution in [1.29, 1.82) is 0 Å². The van der Waals surface area contributed by atoms with E-state index in [4.69, 9.17) is 0 Å². The van der Waals surface area contributed by atoms with Crippen LogP contribution in [0.5, 0.6) is 0 Å². The Morgan fingerprint density at radius 2 is 2.14 bits per heavy atom. The first-order valence-electron chi connectivity index (χ1n) is 3.92. The Labute approximate surface area is 105 Å². The van der Waals surface area contributed by atoms with E-state index in [0.717, 1.165) is 5.82 Å². The zero-order valence-electron chi connectivity index (χ0n) is 8.65. The number of pyridine rings is 1. The maximum absolute atomic E-state index is 10.3. The summed E-state index contributed by atoms with van der Waals surface area (Å²) in [6.07, 6.45) is -0.137. The van der Waals surface area contributed by atoms with Gasteiger partial charge in [-0.25, -0.2) is 4.98 Å². The molecule has 0 aliphatic heterocycles. The summed E-state index contributed by atoms with van der Waals surface area (Å²) in [5.41, 5.74) is 0.520. The molecular weight excluding hydrogens is 191 g/mol. The minimum absolute atomic E-state index is 0. The third-order valence-corrected chi connectivity index (χ3v) is 1.58. The van der Waals surface area contributed by atoms with Crippen LogP contribution in [0.2, 0.25) is 0 Å². The van der Waals surface area contributed by atoms with Gasteiger partial charge in [-0.2, -0.15) is 0 Å². The van der Waals surface area contributed by atoms with Gasteiger partial charge in [-0.05, 0) is 12.1 Å². The molecule has 70 valence electrons. The summed E-state index contributed by atoms with van der Waals surface area (Å²) in [7, 11) is 3.70. The van der Waals surface area contributed by atoms with Gasteiger partial charge in [0.05, 0.1) is 0 Å². The molecule has 0 bridgehead atoms. The Bertz CT molecular complexity index is 315. The van der Waals surface area contributed by atoms with Crippen molar-refractivity contribution in [1.82, 2.24) is 4.98 Å². The third-order valence-electron chi connectivity index (χ3n) is 1.58. The monoisotopic (exact) mass is 202 g/mol. The number of aliphatic carboxylic acids is 1. The van der Waals surface area contributed by atoms with Crippen molar-refractivity contribution in [3.05, 3.63) is 23.9 Å². The summed E-state index contributed by atoms with van der Waals surface area (Å²) >= 11 is 0. The predicted molar refractivity (Wildman–Crippen MR) is 47.3 cm³/mol. The normalized spacial score (nSPS) is 9.00. The van der Waals surface area contributed by atoms with E-state index in [1.807, 2.05) is 25.1 Å². The van der Waals surface area contributed by atoms with Gasteiger partial charge in [0.25, 0.3) is 0 Å². The number of hydrogen-bond acceptors (Lipinski definition) is 4. The van der Waals surface area contributed by atoms with E-state index >= 15 is 0 Å². The van der Waals surface area contributed by atoms with Crippen molar-refractivity contribution in [3.63, 3.8) is 0 Å². The van der Waals surface area contributed by atoms with Crippen LogP contribution in [0.1, 0.15) is 5.69 Å². The van der Waals surface area contributed by atoms with Crippen LogP contribution in [-0.2, 0) is 11.2 Å². The molecule has 4 nitrogen and oxygen atoms in total. The first kappa shape index (κ1) is 13.4. The first-order valence-corrected chi connectivity index (χ1v) is 3.92. The molecule has 0 saturated carbocycles. The number of carboxylic acid groups (broad SMARTS) is 1. The van der Waals surface area contributed by atoms with E-state index in [2.05, 4.69) is 4.98 Å². The van der Waals surface area contributed by atoms with Crippen molar-refractivity contribution in [2.75, 3.05) is 19.0 Å². The van der Waals surface area contributed by atoms with E-state index in [9.17, 15) is 9.90 Å². The molecule has 5 heteroatoms. The summed E-state index contributed by atoms with van der Waals surface area (Å²) in [6, 6.07) is 5.27. The largest absolute Gasteiger partial charge is 1.00 e. The smallest absolute Gasteiger partial charge is 0.550 e. The fourth-order valence-corrected chi connectivity index (χ4v) is 0.962. The Balaban J connectivity index is 0.00000169. The maximum atomic E-state index is 10.3. The van der Waals surface area contributed by atoms with E-state index in [1.165, 1.54) is 0 Å². The van der Waals surface area contributed by atoms with E-state index in [1.54, 1.807) is 12.1 Å². The molecule has 0 aliphatic rings. The number of carbonyl (C=O) groups excluding carboxylic acids is 1. The maximum Gasteiger partial charge on any atom is 1.00 e. The van der Waals surface area contributed by atoms with Gasteiger partial charge in [0.2, 0.25) is 0 Å². The molecule has 0 N–H and O–H groups in total. The Kier molecular flexibility index (Phi) is 5.76. The van der Waals surface area contributed by atoms with Gasteiger partial charge in [-0.1, -0.05) is 6.07 Å². The van der Waals surface area contributed by atoms with Crippen molar-refractivity contribution in [2.24, 2.45) is 0 Å². The number of carboxylic acids is 1. The van der Waals surface area contributed by atoms with Crippen LogP contribution < -0.4 is 39.6 Å². The molecule has 0 radical (unpaired) electrons. The van der Waals surface area contributed by atoms with Crippen LogP contribution >= 0.6 is 0 Å². The number of hydrogen-bond donors (Lipinski definition) is 0. The van der Waals surface area contributed by atoms with Crippen LogP contribution in [-0.4, -0.2) is 25.0 Å². The topological polar surface area (TPSA) is 56.3 Å². The summed E-state index contributed by atoms with van der Waals surface area (Å²) in [5.74, 6) is -0.359. The molecule has 14 heavy (non-hydrogen) atoms. The summed E-state index contributed by atoms with van der Waals surface area (Å²) in [4.78, 5) is 16.2. The average molecular weight is 202 g/mol. The van der Waals surface area contributed by atoms with E-state index in [-0.39, 0.29) is 36.0 Å². The number of aromatic nitrogens is 1. The predicted octanol–water partition coefficient (Wildman–Crippen LogP) is -3.56. The van der Waals surface area contributed by atoms with Crippen LogP contribution in [0.15, 0.2) is 18.2 Å². The summed E-state index contributed by atoms with van der Waals surface area (Å²) < 4.78 is 0. The first-order chi connectivity index (χ1) is 6.09. The second kappa shape index (κ2) is 6.01. The molecular formula is C9H11N2NaO2. The van der Waals surface area contributed by atoms with Gasteiger partial charge in [0.1, 0.15) is 5.82 Å². The van der Waals surface area contributed by atoms with Gasteiger partial charge < -0.3 is 14.8 Å². The van der Waals surface area contributed by atoms with E-state index in [0.29, 0.717) is 5.69 Å². The molecule has 0 atom stereocenters. The number of carbonyl (C=O) groups is 1. The molecule has 0 aliphatic carbocycles. The van der Waals surface area contributed by atoms with Gasteiger partial charge in [-0.3, -0.25) is 0 Å². The average Bonchev–Trinajstić information content (AvgIpc) is 2.03. The fourth-order valence-electron chi connectivity index (χ4n) is 0.962. The fraction of sp³-hybridized carbons (Fsp3) is 0.333. The number of rotatable bonds is 3. The molecule has 1 heterocycles. The molecule has 1 aromatic rings. The van der Waals surface area contributed by atoms with Crippen molar-refractivity contribution < 1.29 is 39.5 Å². The molecule has 0 fully saturated rings. The SMILES string of the molecule is CN(C)c1cccc(CC(=O)[O-])n1.[Na+]. The number of nitrogens with zero attached hydrogens (tertiary/aromatic N) is 2. The van der Waals surface area contributed by atoms with Crippen molar-refractivity contribution in [2.45, 2.75) is 6.42 Å². The second-order valence-corrected chi connectivity index (χ2v) is 2.93. The quantitative estimate of drug-likeness (QED) is 0.476. The Morgan fingerprint density at radius 1 is 1.50 bits per heavy atom. The zero-order chi connectivity index (χ0) is 9.84. The molecule has 0 aromatic carbocycles. The van der Waals surface area contributed by atoms with Gasteiger partial charge in [-0.15, -0.1) is 0 Å². The number of anilines is 1. The minimum atomic E-state index is -1.11. The summed E-state index contributed by atoms with van der Waals surface area (Å²) in [5, 5.41) is 10.3. The standard InChI is InChI=1S/C9H12N2O2.Na/c1-11(2)8-5-3-4-7(10-8)6-9(12)13;/h3-5H,6H2,1-2H3,(H,12,13);/q;+1/p-1. The van der Waals surface area contributed by atoms with Crippen LogP contribution in [0.4, 0.5) is 5.82 Å². The molecule has 0 spiro atoms. The zero-order valence-corrected chi connectivity index (χ0v) is 10.7. The van der Waals surface area contributed by atoms with Crippen LogP contribution in [0, 0.1) is 0 Å². The summed E-state index contributed by atoms with van der Waals surface area (Å²) in [6.45, 7) is 0. The molecule has 1 rings (SSSR count). The molecule has 0 amide bonds.